The van der Waals surface area contributed by atoms with Crippen LogP contribution < -0.4 is 0 Å². The van der Waals surface area contributed by atoms with Crippen molar-refractivity contribution in [3.05, 3.63) is 177 Å². The molecule has 0 fully saturated rings. The van der Waals surface area contributed by atoms with E-state index < -0.39 is 0 Å². The molecule has 7 aromatic carbocycles. The second-order valence-electron chi connectivity index (χ2n) is 14.8. The molecule has 0 saturated carbocycles. The zero-order chi connectivity index (χ0) is 36.0. The lowest BCUT2D eigenvalue weighted by Gasteiger charge is -2.19. The highest BCUT2D eigenvalue weighted by molar-refractivity contribution is 5.94. The summed E-state index contributed by atoms with van der Waals surface area (Å²) in [6.45, 7) is 19.8. The summed E-state index contributed by atoms with van der Waals surface area (Å²) < 4.78 is 0. The van der Waals surface area contributed by atoms with E-state index in [1.54, 1.807) is 0 Å². The average molecular weight is 661 g/mol. The Hall–Kier alpha value is -5.46. The maximum Gasteiger partial charge on any atom is -0.0103 e. The van der Waals surface area contributed by atoms with Gasteiger partial charge in [0.15, 0.2) is 0 Å². The monoisotopic (exact) mass is 660 g/mol. The van der Waals surface area contributed by atoms with Crippen LogP contribution in [-0.4, -0.2) is 0 Å². The van der Waals surface area contributed by atoms with Gasteiger partial charge in [0.2, 0.25) is 0 Å². The van der Waals surface area contributed by atoms with E-state index in [1.165, 1.54) is 117 Å². The van der Waals surface area contributed by atoms with Crippen LogP contribution in [0.25, 0.3) is 66.8 Å². The minimum atomic E-state index is 1.22. The van der Waals surface area contributed by atoms with Crippen LogP contribution in [0.4, 0.5) is 0 Å². The summed E-state index contributed by atoms with van der Waals surface area (Å²) in [5, 5.41) is 0. The van der Waals surface area contributed by atoms with Crippen LogP contribution in [0.2, 0.25) is 0 Å². The van der Waals surface area contributed by atoms with Crippen LogP contribution in [0, 0.1) is 62.3 Å². The van der Waals surface area contributed by atoms with Crippen LogP contribution in [-0.2, 0) is 0 Å². The minimum Gasteiger partial charge on any atom is -0.0587 e. The molecule has 0 aliphatic heterocycles. The van der Waals surface area contributed by atoms with Crippen LogP contribution in [0.15, 0.2) is 127 Å². The Kier molecular flexibility index (Phi) is 9.13. The quantitative estimate of drug-likeness (QED) is 0.166. The molecular weight excluding hydrogens is 613 g/mol. The minimum absolute atomic E-state index is 1.22. The lowest BCUT2D eigenvalue weighted by Crippen LogP contribution is -1.94. The molecule has 0 spiro atoms. The second kappa shape index (κ2) is 13.7. The Balaban J connectivity index is 1.53. The summed E-state index contributed by atoms with van der Waals surface area (Å²) in [6, 6.07) is 48.6. The SMILES string of the molecule is Cc1ccc(-c2cc(-c3ccc(C)cc3-c3ccc(C)c(C)c3)cc(-c3ccc(C)cc3-c3ccc(C)c(C)c3)c2)c(-c2ccc(C)c(C)c2)c1. The van der Waals surface area contributed by atoms with Gasteiger partial charge in [0.1, 0.15) is 0 Å². The highest BCUT2D eigenvalue weighted by atomic mass is 14.2. The average Bonchev–Trinajstić information content (AvgIpc) is 3.11. The maximum absolute atomic E-state index is 2.41. The molecule has 0 aliphatic carbocycles. The predicted octanol–water partition coefficient (Wildman–Crippen LogP) is 14.5. The molecule has 0 amide bonds. The first-order valence-electron chi connectivity index (χ1n) is 18.2. The summed E-state index contributed by atoms with van der Waals surface area (Å²) in [5.74, 6) is 0. The molecule has 0 aromatic heterocycles. The van der Waals surface area contributed by atoms with Crippen molar-refractivity contribution in [1.29, 1.82) is 0 Å². The van der Waals surface area contributed by atoms with Crippen molar-refractivity contribution < 1.29 is 0 Å². The largest absolute Gasteiger partial charge is 0.0587 e. The van der Waals surface area contributed by atoms with Gasteiger partial charge in [-0.15, -0.1) is 0 Å². The normalized spacial score (nSPS) is 11.2. The van der Waals surface area contributed by atoms with Gasteiger partial charge in [0.05, 0.1) is 0 Å². The molecule has 0 saturated heterocycles. The van der Waals surface area contributed by atoms with Crippen molar-refractivity contribution in [1.82, 2.24) is 0 Å². The van der Waals surface area contributed by atoms with Gasteiger partial charge < -0.3 is 0 Å². The predicted molar refractivity (Wildman–Crippen MR) is 222 cm³/mol. The van der Waals surface area contributed by atoms with E-state index in [0.29, 0.717) is 0 Å². The Labute approximate surface area is 305 Å². The van der Waals surface area contributed by atoms with Gasteiger partial charge in [-0.25, -0.2) is 0 Å². The topological polar surface area (TPSA) is 0 Å². The maximum atomic E-state index is 2.41. The van der Waals surface area contributed by atoms with Crippen LogP contribution in [0.5, 0.6) is 0 Å². The fourth-order valence-corrected chi connectivity index (χ4v) is 7.27. The number of aryl methyl sites for hydroxylation is 9. The first kappa shape index (κ1) is 34.0. The highest BCUT2D eigenvalue weighted by Gasteiger charge is 2.17. The summed E-state index contributed by atoms with van der Waals surface area (Å²) in [4.78, 5) is 0. The van der Waals surface area contributed by atoms with E-state index in [-0.39, 0.29) is 0 Å². The molecule has 0 aliphatic rings. The third kappa shape index (κ3) is 6.84. The molecule has 0 heterocycles. The van der Waals surface area contributed by atoms with Gasteiger partial charge in [-0.2, -0.15) is 0 Å². The summed E-state index contributed by atoms with van der Waals surface area (Å²) in [7, 11) is 0. The Morgan fingerprint density at radius 3 is 0.725 bits per heavy atom. The molecular formula is C51H48. The lowest BCUT2D eigenvalue weighted by atomic mass is 9.84. The summed E-state index contributed by atoms with van der Waals surface area (Å²) in [6.07, 6.45) is 0. The fourth-order valence-electron chi connectivity index (χ4n) is 7.27. The second-order valence-corrected chi connectivity index (χ2v) is 14.8. The summed E-state index contributed by atoms with van der Waals surface area (Å²) in [5.41, 5.74) is 26.6. The van der Waals surface area contributed by atoms with Crippen LogP contribution >= 0.6 is 0 Å². The Morgan fingerprint density at radius 1 is 0.196 bits per heavy atom. The van der Waals surface area contributed by atoms with Crippen LogP contribution in [0.1, 0.15) is 50.1 Å². The van der Waals surface area contributed by atoms with Gasteiger partial charge >= 0.3 is 0 Å². The van der Waals surface area contributed by atoms with E-state index >= 15 is 0 Å². The zero-order valence-corrected chi connectivity index (χ0v) is 31.6. The molecule has 0 atom stereocenters. The number of rotatable bonds is 6. The molecule has 0 bridgehead atoms. The smallest absolute Gasteiger partial charge is 0.0103 e. The van der Waals surface area contributed by atoms with Gasteiger partial charge in [-0.3, -0.25) is 0 Å². The van der Waals surface area contributed by atoms with Gasteiger partial charge in [0, 0.05) is 0 Å². The molecule has 0 nitrogen and oxygen atoms in total. The fraction of sp³-hybridized carbons (Fsp3) is 0.176. The first-order chi connectivity index (χ1) is 24.4. The third-order valence-corrected chi connectivity index (χ3v) is 10.8. The van der Waals surface area contributed by atoms with Crippen molar-refractivity contribution in [3.63, 3.8) is 0 Å². The molecule has 51 heavy (non-hydrogen) atoms. The van der Waals surface area contributed by atoms with E-state index in [0.717, 1.165) is 0 Å². The van der Waals surface area contributed by atoms with Gasteiger partial charge in [0.25, 0.3) is 0 Å². The Morgan fingerprint density at radius 2 is 0.471 bits per heavy atom. The molecule has 7 rings (SSSR count). The molecule has 252 valence electrons. The summed E-state index contributed by atoms with van der Waals surface area (Å²) >= 11 is 0. The van der Waals surface area contributed by atoms with E-state index in [2.05, 4.69) is 190 Å². The first-order valence-corrected chi connectivity index (χ1v) is 18.2. The number of benzene rings is 7. The van der Waals surface area contributed by atoms with E-state index in [1.807, 2.05) is 0 Å². The van der Waals surface area contributed by atoms with Crippen molar-refractivity contribution in [2.75, 3.05) is 0 Å². The third-order valence-electron chi connectivity index (χ3n) is 10.8. The van der Waals surface area contributed by atoms with Crippen molar-refractivity contribution in [3.8, 4) is 66.8 Å². The van der Waals surface area contributed by atoms with Crippen molar-refractivity contribution in [2.24, 2.45) is 0 Å². The molecule has 0 heteroatoms. The standard InChI is InChI=1S/C51H48/c1-31-10-19-46(49(22-31)40-16-13-34(4)37(7)25-40)43-28-44(47-20-11-32(2)23-50(47)41-17-14-35(5)38(8)26-41)30-45(29-43)48-21-12-33(3)24-51(48)42-18-15-36(6)39(9)27-42/h10-30H,1-9H3. The highest BCUT2D eigenvalue weighted by Crippen LogP contribution is 2.43. The van der Waals surface area contributed by atoms with Gasteiger partial charge in [-0.1, -0.05) is 126 Å². The molecule has 0 unspecified atom stereocenters. The molecule has 7 aromatic rings. The van der Waals surface area contributed by atoms with Crippen molar-refractivity contribution >= 4 is 0 Å². The number of hydrogen-bond acceptors (Lipinski definition) is 0. The van der Waals surface area contributed by atoms with E-state index in [4.69, 9.17) is 0 Å². The van der Waals surface area contributed by atoms with E-state index in [9.17, 15) is 0 Å². The lowest BCUT2D eigenvalue weighted by molar-refractivity contribution is 1.34. The van der Waals surface area contributed by atoms with Crippen molar-refractivity contribution in [2.45, 2.75) is 62.3 Å². The zero-order valence-electron chi connectivity index (χ0n) is 31.6. The number of hydrogen-bond donors (Lipinski definition) is 0. The molecule has 0 N–H and O–H groups in total. The van der Waals surface area contributed by atoms with Crippen LogP contribution in [0.3, 0.4) is 0 Å². The Bertz CT molecular complexity index is 2170. The molecule has 0 radical (unpaired) electrons. The van der Waals surface area contributed by atoms with Gasteiger partial charge in [-0.05, 0) is 181 Å².